The molecule has 0 amide bonds. The van der Waals surface area contributed by atoms with Crippen LogP contribution in [0.2, 0.25) is 0 Å². The molecule has 1 aromatic carbocycles. The topological polar surface area (TPSA) is 38.5 Å². The summed E-state index contributed by atoms with van der Waals surface area (Å²) in [5, 5.41) is 0. The summed E-state index contributed by atoms with van der Waals surface area (Å²) in [6.07, 6.45) is 3.10. The summed E-state index contributed by atoms with van der Waals surface area (Å²) in [4.78, 5) is 1.63. The van der Waals surface area contributed by atoms with E-state index in [4.69, 9.17) is 10.5 Å². The van der Waals surface area contributed by atoms with Crippen LogP contribution in [0.4, 0.5) is 15.8 Å². The van der Waals surface area contributed by atoms with E-state index in [1.165, 1.54) is 18.4 Å². The van der Waals surface area contributed by atoms with E-state index in [1.54, 1.807) is 18.0 Å². The molecule has 0 radical (unpaired) electrons. The van der Waals surface area contributed by atoms with Gasteiger partial charge in [0.05, 0.1) is 17.6 Å². The second-order valence-corrected chi connectivity index (χ2v) is 2.98. The maximum Gasteiger partial charge on any atom is 0.154 e. The Morgan fingerprint density at radius 3 is 3.00 bits per heavy atom. The van der Waals surface area contributed by atoms with Crippen molar-refractivity contribution >= 4 is 11.4 Å². The maximum absolute atomic E-state index is 13.1. The van der Waals surface area contributed by atoms with Gasteiger partial charge >= 0.3 is 0 Å². The lowest BCUT2D eigenvalue weighted by atomic mass is 10.2. The van der Waals surface area contributed by atoms with Crippen LogP contribution in [0.3, 0.4) is 0 Å². The minimum atomic E-state index is -0.492. The number of nitrogens with two attached hydrogens (primary N) is 1. The standard InChI is InChI=1S/C11H9FN2O/c1-2-3-14-4-5-15-11-6-8(12)9(13)7-10(11)14/h4-7H,13H2,1H3. The highest BCUT2D eigenvalue weighted by Gasteiger charge is 2.15. The molecular formula is C11H9FN2O. The van der Waals surface area contributed by atoms with E-state index < -0.39 is 5.82 Å². The van der Waals surface area contributed by atoms with Crippen LogP contribution in [0.25, 0.3) is 0 Å². The van der Waals surface area contributed by atoms with E-state index in [0.717, 1.165) is 0 Å². The van der Waals surface area contributed by atoms with Gasteiger partial charge in [-0.1, -0.05) is 5.92 Å². The Kier molecular flexibility index (Phi) is 2.22. The van der Waals surface area contributed by atoms with Crippen LogP contribution in [0.5, 0.6) is 5.75 Å². The Hall–Kier alpha value is -2.15. The van der Waals surface area contributed by atoms with Crippen LogP contribution >= 0.6 is 0 Å². The van der Waals surface area contributed by atoms with Crippen molar-refractivity contribution in [3.63, 3.8) is 0 Å². The van der Waals surface area contributed by atoms with Gasteiger partial charge in [0.15, 0.2) is 5.75 Å². The zero-order chi connectivity index (χ0) is 10.8. The second-order valence-electron chi connectivity index (χ2n) is 2.98. The highest BCUT2D eigenvalue weighted by atomic mass is 19.1. The Labute approximate surface area is 86.9 Å². The van der Waals surface area contributed by atoms with Crippen molar-refractivity contribution < 1.29 is 9.13 Å². The number of rotatable bonds is 0. The third kappa shape index (κ3) is 1.59. The van der Waals surface area contributed by atoms with Crippen LogP contribution in [0.15, 0.2) is 24.6 Å². The molecule has 2 N–H and O–H groups in total. The highest BCUT2D eigenvalue weighted by molar-refractivity contribution is 5.70. The minimum absolute atomic E-state index is 0.0792. The SMILES string of the molecule is CC#CN1C=COc2cc(F)c(N)cc21. The molecule has 1 aliphatic heterocycles. The molecule has 1 aliphatic rings. The summed E-state index contributed by atoms with van der Waals surface area (Å²) in [6, 6.07) is 5.57. The van der Waals surface area contributed by atoms with Gasteiger partial charge in [0.2, 0.25) is 0 Å². The molecule has 4 heteroatoms. The number of halogens is 1. The average molecular weight is 204 g/mol. The normalized spacial score (nSPS) is 12.5. The van der Waals surface area contributed by atoms with Crippen molar-refractivity contribution in [1.82, 2.24) is 0 Å². The molecule has 1 heterocycles. The molecule has 0 aromatic heterocycles. The summed E-state index contributed by atoms with van der Waals surface area (Å²) < 4.78 is 18.3. The molecule has 0 fully saturated rings. The second kappa shape index (κ2) is 3.54. The van der Waals surface area contributed by atoms with Crippen molar-refractivity contribution in [3.8, 4) is 17.7 Å². The van der Waals surface area contributed by atoms with Gasteiger partial charge in [-0.05, 0) is 13.0 Å². The molecule has 1 aromatic rings. The van der Waals surface area contributed by atoms with Gasteiger partial charge < -0.3 is 10.5 Å². The Balaban J connectivity index is 2.54. The van der Waals surface area contributed by atoms with E-state index in [0.29, 0.717) is 11.4 Å². The molecule has 0 unspecified atom stereocenters. The molecule has 76 valence electrons. The van der Waals surface area contributed by atoms with E-state index in [1.807, 2.05) is 0 Å². The highest BCUT2D eigenvalue weighted by Crippen LogP contribution is 2.34. The van der Waals surface area contributed by atoms with Crippen LogP contribution in [0.1, 0.15) is 6.92 Å². The fourth-order valence-corrected chi connectivity index (χ4v) is 1.31. The monoisotopic (exact) mass is 204 g/mol. The predicted molar refractivity (Wildman–Crippen MR) is 56.5 cm³/mol. The largest absolute Gasteiger partial charge is 0.461 e. The van der Waals surface area contributed by atoms with Gasteiger partial charge in [0, 0.05) is 12.1 Å². The van der Waals surface area contributed by atoms with Crippen molar-refractivity contribution in [2.24, 2.45) is 0 Å². The number of fused-ring (bicyclic) bond motifs is 1. The first kappa shape index (κ1) is 9.41. The van der Waals surface area contributed by atoms with Crippen molar-refractivity contribution in [2.75, 3.05) is 10.6 Å². The van der Waals surface area contributed by atoms with Gasteiger partial charge in [0.25, 0.3) is 0 Å². The van der Waals surface area contributed by atoms with E-state index in [2.05, 4.69) is 12.0 Å². The van der Waals surface area contributed by atoms with Crippen molar-refractivity contribution in [3.05, 3.63) is 30.4 Å². The fourth-order valence-electron chi connectivity index (χ4n) is 1.31. The van der Waals surface area contributed by atoms with Crippen molar-refractivity contribution in [2.45, 2.75) is 6.92 Å². The Morgan fingerprint density at radius 2 is 2.27 bits per heavy atom. The summed E-state index contributed by atoms with van der Waals surface area (Å²) >= 11 is 0. The maximum atomic E-state index is 13.1. The predicted octanol–water partition coefficient (Wildman–Crippen LogP) is 2.06. The smallest absolute Gasteiger partial charge is 0.154 e. The molecular weight excluding hydrogens is 195 g/mol. The number of ether oxygens (including phenoxy) is 1. The summed E-state index contributed by atoms with van der Waals surface area (Å²) in [5.41, 5.74) is 6.20. The van der Waals surface area contributed by atoms with Crippen LogP contribution in [-0.2, 0) is 0 Å². The molecule has 0 aliphatic carbocycles. The number of nitrogens with zero attached hydrogens (tertiary/aromatic N) is 1. The van der Waals surface area contributed by atoms with Crippen LogP contribution in [0, 0.1) is 17.8 Å². The van der Waals surface area contributed by atoms with Crippen LogP contribution < -0.4 is 15.4 Å². The molecule has 0 bridgehead atoms. The van der Waals surface area contributed by atoms with Gasteiger partial charge in [-0.3, -0.25) is 4.90 Å². The van der Waals surface area contributed by atoms with Gasteiger partial charge in [0.1, 0.15) is 12.1 Å². The Bertz CT molecular complexity index is 485. The van der Waals surface area contributed by atoms with Gasteiger partial charge in [-0.25, -0.2) is 4.39 Å². The molecule has 3 nitrogen and oxygen atoms in total. The summed E-state index contributed by atoms with van der Waals surface area (Å²) in [6.45, 7) is 1.72. The third-order valence-electron chi connectivity index (χ3n) is 1.97. The number of hydrogen-bond donors (Lipinski definition) is 1. The Morgan fingerprint density at radius 1 is 1.47 bits per heavy atom. The average Bonchev–Trinajstić information content (AvgIpc) is 2.21. The number of hydrogen-bond acceptors (Lipinski definition) is 3. The minimum Gasteiger partial charge on any atom is -0.461 e. The molecule has 15 heavy (non-hydrogen) atoms. The lowest BCUT2D eigenvalue weighted by molar-refractivity contribution is 0.468. The van der Waals surface area contributed by atoms with E-state index in [-0.39, 0.29) is 5.69 Å². The number of benzene rings is 1. The summed E-state index contributed by atoms with van der Waals surface area (Å²) in [7, 11) is 0. The number of anilines is 2. The molecule has 0 atom stereocenters. The third-order valence-corrected chi connectivity index (χ3v) is 1.97. The van der Waals surface area contributed by atoms with E-state index >= 15 is 0 Å². The quantitative estimate of drug-likeness (QED) is 0.519. The molecule has 0 saturated heterocycles. The lowest BCUT2D eigenvalue weighted by Crippen LogP contribution is -2.14. The first-order chi connectivity index (χ1) is 7.22. The molecule has 0 spiro atoms. The first-order valence-electron chi connectivity index (χ1n) is 4.36. The van der Waals surface area contributed by atoms with Gasteiger partial charge in [-0.15, -0.1) is 0 Å². The van der Waals surface area contributed by atoms with Crippen molar-refractivity contribution in [1.29, 1.82) is 0 Å². The molecule has 2 rings (SSSR count). The summed E-state index contributed by atoms with van der Waals surface area (Å²) in [5.74, 6) is 2.66. The van der Waals surface area contributed by atoms with Crippen LogP contribution in [-0.4, -0.2) is 0 Å². The lowest BCUT2D eigenvalue weighted by Gasteiger charge is -2.20. The zero-order valence-electron chi connectivity index (χ0n) is 8.12. The fraction of sp³-hybridized carbons (Fsp3) is 0.0909. The zero-order valence-corrected chi connectivity index (χ0v) is 8.12. The van der Waals surface area contributed by atoms with Gasteiger partial charge in [-0.2, -0.15) is 0 Å². The molecule has 0 saturated carbocycles. The number of nitrogen functional groups attached to an aromatic ring is 1. The first-order valence-corrected chi connectivity index (χ1v) is 4.36. The van der Waals surface area contributed by atoms with E-state index in [9.17, 15) is 4.39 Å².